The second-order valence-corrected chi connectivity index (χ2v) is 11.4. The smallest absolute Gasteiger partial charge is 0.235 e. The Labute approximate surface area is 254 Å². The van der Waals surface area contributed by atoms with Gasteiger partial charge in [0.2, 0.25) is 5.95 Å². The van der Waals surface area contributed by atoms with Gasteiger partial charge in [-0.15, -0.1) is 11.3 Å². The summed E-state index contributed by atoms with van der Waals surface area (Å²) < 4.78 is 4.55. The zero-order valence-electron chi connectivity index (χ0n) is 23.0. The first-order chi connectivity index (χ1) is 21.8. The van der Waals surface area contributed by atoms with Crippen LogP contribution in [0.1, 0.15) is 0 Å². The molecule has 0 amide bonds. The molecule has 9 aromatic rings. The van der Waals surface area contributed by atoms with Crippen molar-refractivity contribution in [1.29, 1.82) is 0 Å². The van der Waals surface area contributed by atoms with Crippen molar-refractivity contribution in [2.75, 3.05) is 0 Å². The summed E-state index contributed by atoms with van der Waals surface area (Å²) in [7, 11) is 0. The van der Waals surface area contributed by atoms with Crippen molar-refractivity contribution >= 4 is 53.4 Å². The van der Waals surface area contributed by atoms with Crippen molar-refractivity contribution in [3.63, 3.8) is 0 Å². The van der Waals surface area contributed by atoms with Gasteiger partial charge in [0.15, 0.2) is 5.82 Å². The highest BCUT2D eigenvalue weighted by Gasteiger charge is 2.20. The quantitative estimate of drug-likeness (QED) is 0.207. The maximum absolute atomic E-state index is 5.14. The molecule has 0 spiro atoms. The van der Waals surface area contributed by atoms with E-state index in [2.05, 4.69) is 67.0 Å². The van der Waals surface area contributed by atoms with Crippen LogP contribution < -0.4 is 0 Å². The molecule has 9 rings (SSSR count). The summed E-state index contributed by atoms with van der Waals surface area (Å²) in [5.74, 6) is 1.13. The normalized spacial score (nSPS) is 11.6. The number of rotatable bonds is 4. The van der Waals surface area contributed by atoms with E-state index in [0.29, 0.717) is 17.5 Å². The minimum absolute atomic E-state index is 0.553. The third-order valence-electron chi connectivity index (χ3n) is 7.77. The van der Waals surface area contributed by atoms with Gasteiger partial charge in [-0.2, -0.15) is 0 Å². The first kappa shape index (κ1) is 24.6. The van der Waals surface area contributed by atoms with Crippen molar-refractivity contribution in [1.82, 2.24) is 39.5 Å². The van der Waals surface area contributed by atoms with Crippen LogP contribution >= 0.6 is 11.3 Å². The fraction of sp³-hybridized carbons (Fsp3) is 0. The third kappa shape index (κ3) is 3.94. The highest BCUT2D eigenvalue weighted by atomic mass is 32.1. The molecule has 0 aliphatic rings. The van der Waals surface area contributed by atoms with E-state index in [9.17, 15) is 0 Å². The predicted octanol–water partition coefficient (Wildman–Crippen LogP) is 7.92. The summed E-state index contributed by atoms with van der Waals surface area (Å²) in [6, 6.07) is 28.7. The van der Waals surface area contributed by atoms with Gasteiger partial charge in [-0.05, 0) is 66.7 Å². The second kappa shape index (κ2) is 9.82. The lowest BCUT2D eigenvalue weighted by Gasteiger charge is -2.11. The summed E-state index contributed by atoms with van der Waals surface area (Å²) in [4.78, 5) is 32.8. The molecular formula is C35H20N8S. The van der Waals surface area contributed by atoms with Crippen molar-refractivity contribution in [2.45, 2.75) is 0 Å². The Hall–Kier alpha value is -5.93. The number of aromatic nitrogens is 8. The third-order valence-corrected chi connectivity index (χ3v) is 8.90. The van der Waals surface area contributed by atoms with Gasteiger partial charge in [-0.3, -0.25) is 14.5 Å². The van der Waals surface area contributed by atoms with Gasteiger partial charge in [-0.25, -0.2) is 24.9 Å². The van der Waals surface area contributed by atoms with Crippen molar-refractivity contribution in [3.8, 4) is 40.0 Å². The Morgan fingerprint density at radius 2 is 1.20 bits per heavy atom. The molecule has 0 radical (unpaired) electrons. The monoisotopic (exact) mass is 584 g/mol. The fourth-order valence-electron chi connectivity index (χ4n) is 5.74. The van der Waals surface area contributed by atoms with E-state index in [-0.39, 0.29) is 0 Å². The van der Waals surface area contributed by atoms with E-state index in [1.807, 2.05) is 36.4 Å². The Morgan fingerprint density at radius 3 is 1.93 bits per heavy atom. The highest BCUT2D eigenvalue weighted by Crippen LogP contribution is 2.40. The number of nitrogens with zero attached hydrogens (tertiary/aromatic N) is 8. The average Bonchev–Trinajstić information content (AvgIpc) is 3.62. The molecule has 0 aliphatic heterocycles. The molecule has 0 fully saturated rings. The van der Waals surface area contributed by atoms with E-state index in [1.165, 1.54) is 20.2 Å². The Kier molecular flexibility index (Phi) is 5.50. The van der Waals surface area contributed by atoms with Crippen LogP contribution in [0.5, 0.6) is 0 Å². The topological polar surface area (TPSA) is 95.2 Å². The first-order valence-electron chi connectivity index (χ1n) is 14.0. The van der Waals surface area contributed by atoms with Crippen LogP contribution in [0, 0.1) is 0 Å². The lowest BCUT2D eigenvalue weighted by Crippen LogP contribution is -2.04. The first-order valence-corrected chi connectivity index (χ1v) is 14.9. The number of benzene rings is 2. The maximum atomic E-state index is 5.14. The molecule has 7 heterocycles. The number of hydrogen-bond acceptors (Lipinski definition) is 8. The Balaban J connectivity index is 1.39. The zero-order chi connectivity index (χ0) is 29.0. The molecule has 0 bridgehead atoms. The highest BCUT2D eigenvalue weighted by molar-refractivity contribution is 7.25. The molecule has 2 aromatic carbocycles. The molecule has 0 saturated carbocycles. The van der Waals surface area contributed by atoms with Crippen LogP contribution in [0.2, 0.25) is 0 Å². The van der Waals surface area contributed by atoms with Crippen LogP contribution in [0.25, 0.3) is 82.1 Å². The number of fused-ring (bicyclic) bond motifs is 6. The molecule has 0 atom stereocenters. The molecular weight excluding hydrogens is 565 g/mol. The van der Waals surface area contributed by atoms with Gasteiger partial charge in [0.25, 0.3) is 0 Å². The van der Waals surface area contributed by atoms with Gasteiger partial charge in [0.1, 0.15) is 5.69 Å². The maximum Gasteiger partial charge on any atom is 0.235 e. The molecule has 8 nitrogen and oxygen atoms in total. The van der Waals surface area contributed by atoms with E-state index in [4.69, 9.17) is 15.0 Å². The number of hydrogen-bond donors (Lipinski definition) is 0. The van der Waals surface area contributed by atoms with Crippen LogP contribution in [0.15, 0.2) is 122 Å². The predicted molar refractivity (Wildman–Crippen MR) is 175 cm³/mol. The molecule has 9 heteroatoms. The van der Waals surface area contributed by atoms with Crippen LogP contribution in [0.3, 0.4) is 0 Å². The SMILES string of the molecule is c1cnc(-c2ccc3c(n2)c2cc4c(cc2n3-c2nc(-c3ccncc3)cc(-c3ccncc3)n2)sc2ccccc24)nc1. The van der Waals surface area contributed by atoms with Gasteiger partial charge in [-0.1, -0.05) is 18.2 Å². The summed E-state index contributed by atoms with van der Waals surface area (Å²) in [6.07, 6.45) is 10.6. The van der Waals surface area contributed by atoms with E-state index in [0.717, 1.165) is 44.5 Å². The van der Waals surface area contributed by atoms with Crippen molar-refractivity contribution in [3.05, 3.63) is 122 Å². The molecule has 44 heavy (non-hydrogen) atoms. The standard InChI is InChI=1S/C35H20N8S/c1-2-5-31-23(4-1)24-18-25-30(20-32(24)44-31)43(29-7-6-26(40-33(25)29)34-38-12-3-13-39-34)35-41-27(21-8-14-36-15-9-21)19-28(42-35)22-10-16-37-17-11-22/h1-20H. The van der Waals surface area contributed by atoms with Crippen LogP contribution in [0.4, 0.5) is 0 Å². The van der Waals surface area contributed by atoms with Crippen LogP contribution in [-0.4, -0.2) is 39.5 Å². The molecule has 0 aliphatic carbocycles. The van der Waals surface area contributed by atoms with E-state index in [1.54, 1.807) is 54.6 Å². The van der Waals surface area contributed by atoms with E-state index < -0.39 is 0 Å². The second-order valence-electron chi connectivity index (χ2n) is 10.3. The number of pyridine rings is 3. The van der Waals surface area contributed by atoms with Crippen molar-refractivity contribution < 1.29 is 0 Å². The fourth-order valence-corrected chi connectivity index (χ4v) is 6.86. The van der Waals surface area contributed by atoms with Gasteiger partial charge < -0.3 is 0 Å². The minimum Gasteiger partial charge on any atom is -0.276 e. The Bertz CT molecular complexity index is 2430. The summed E-state index contributed by atoms with van der Waals surface area (Å²) >= 11 is 1.78. The van der Waals surface area contributed by atoms with E-state index >= 15 is 0 Å². The summed E-state index contributed by atoms with van der Waals surface area (Å²) in [5.41, 5.74) is 6.91. The molecule has 206 valence electrons. The Morgan fingerprint density at radius 1 is 0.500 bits per heavy atom. The molecule has 7 aromatic heterocycles. The number of thiophene rings is 1. The van der Waals surface area contributed by atoms with Crippen LogP contribution in [-0.2, 0) is 0 Å². The summed E-state index contributed by atoms with van der Waals surface area (Å²) in [6.45, 7) is 0. The van der Waals surface area contributed by atoms with Gasteiger partial charge in [0, 0.05) is 73.9 Å². The lowest BCUT2D eigenvalue weighted by molar-refractivity contribution is 0.994. The molecule has 0 saturated heterocycles. The minimum atomic E-state index is 0.553. The van der Waals surface area contributed by atoms with Gasteiger partial charge in [0.05, 0.1) is 27.9 Å². The van der Waals surface area contributed by atoms with Crippen molar-refractivity contribution in [2.24, 2.45) is 0 Å². The van der Waals surface area contributed by atoms with Gasteiger partial charge >= 0.3 is 0 Å². The molecule has 0 unspecified atom stereocenters. The lowest BCUT2D eigenvalue weighted by atomic mass is 10.1. The largest absolute Gasteiger partial charge is 0.276 e. The zero-order valence-corrected chi connectivity index (χ0v) is 23.8. The average molecular weight is 585 g/mol. The molecule has 0 N–H and O–H groups in total. The summed E-state index contributed by atoms with van der Waals surface area (Å²) in [5, 5.41) is 3.44.